The lowest BCUT2D eigenvalue weighted by Gasteiger charge is -2.34. The molecule has 0 aromatic carbocycles. The average molecular weight is 297 g/mol. The van der Waals surface area contributed by atoms with Gasteiger partial charge in [-0.05, 0) is 44.1 Å². The molecular formula is C16H31N3O2. The number of aliphatic hydroxyl groups is 1. The third-order valence-corrected chi connectivity index (χ3v) is 4.80. The van der Waals surface area contributed by atoms with Crippen LogP contribution in [0.5, 0.6) is 0 Å². The average Bonchev–Trinajstić information content (AvgIpc) is 3.21. The molecule has 0 aromatic heterocycles. The van der Waals surface area contributed by atoms with Crippen LogP contribution in [-0.2, 0) is 0 Å². The van der Waals surface area contributed by atoms with Crippen LogP contribution in [0, 0.1) is 17.3 Å². The quantitative estimate of drug-likeness (QED) is 0.623. The maximum absolute atomic E-state index is 11.7. The van der Waals surface area contributed by atoms with E-state index in [1.807, 2.05) is 0 Å². The second-order valence-electron chi connectivity index (χ2n) is 7.33. The van der Waals surface area contributed by atoms with Crippen LogP contribution in [-0.4, -0.2) is 55.4 Å². The number of likely N-dealkylation sites (tertiary alicyclic amines) is 1. The Balaban J connectivity index is 1.52. The number of amides is 2. The monoisotopic (exact) mass is 297 g/mol. The lowest BCUT2D eigenvalue weighted by atomic mass is 9.92. The third-order valence-electron chi connectivity index (χ3n) is 4.80. The van der Waals surface area contributed by atoms with Crippen LogP contribution in [0.15, 0.2) is 0 Å². The van der Waals surface area contributed by atoms with Crippen molar-refractivity contribution in [1.82, 2.24) is 15.5 Å². The molecule has 0 spiro atoms. The van der Waals surface area contributed by atoms with Gasteiger partial charge in [-0.15, -0.1) is 0 Å². The number of piperidine rings is 1. The summed E-state index contributed by atoms with van der Waals surface area (Å²) in [5.41, 5.74) is -0.0165. The molecular weight excluding hydrogens is 266 g/mol. The molecule has 0 aromatic rings. The van der Waals surface area contributed by atoms with Crippen molar-refractivity contribution in [2.75, 3.05) is 39.3 Å². The molecule has 1 saturated heterocycles. The molecule has 0 radical (unpaired) electrons. The summed E-state index contributed by atoms with van der Waals surface area (Å²) >= 11 is 0. The molecule has 2 aliphatic rings. The van der Waals surface area contributed by atoms with Crippen molar-refractivity contribution in [2.45, 2.75) is 39.5 Å². The summed E-state index contributed by atoms with van der Waals surface area (Å²) in [6.45, 7) is 9.58. The van der Waals surface area contributed by atoms with E-state index in [0.29, 0.717) is 6.54 Å². The van der Waals surface area contributed by atoms with Gasteiger partial charge < -0.3 is 20.6 Å². The highest BCUT2D eigenvalue weighted by atomic mass is 16.3. The van der Waals surface area contributed by atoms with E-state index >= 15 is 0 Å². The molecule has 2 rings (SSSR count). The molecule has 5 nitrogen and oxygen atoms in total. The summed E-state index contributed by atoms with van der Waals surface area (Å²) in [6.07, 6.45) is 4.38. The Bertz CT molecular complexity index is 334. The lowest BCUT2D eigenvalue weighted by molar-refractivity contribution is 0.139. The maximum Gasteiger partial charge on any atom is 0.314 e. The zero-order valence-corrected chi connectivity index (χ0v) is 13.5. The topological polar surface area (TPSA) is 64.6 Å². The van der Waals surface area contributed by atoms with Gasteiger partial charge in [-0.3, -0.25) is 0 Å². The number of nitrogens with zero attached hydrogens (tertiary/aromatic N) is 1. The minimum absolute atomic E-state index is 0.0165. The highest BCUT2D eigenvalue weighted by molar-refractivity contribution is 5.73. The number of rotatable bonds is 7. The number of urea groups is 1. The Morgan fingerprint density at radius 3 is 2.48 bits per heavy atom. The normalized spacial score (nSPS) is 28.1. The number of carbonyl (C=O) groups is 1. The minimum Gasteiger partial charge on any atom is -0.396 e. The molecule has 1 saturated carbocycles. The Morgan fingerprint density at radius 2 is 1.90 bits per heavy atom. The van der Waals surface area contributed by atoms with Gasteiger partial charge >= 0.3 is 6.03 Å². The molecule has 122 valence electrons. The first-order valence-electron chi connectivity index (χ1n) is 8.38. The third kappa shape index (κ3) is 5.47. The molecule has 1 aliphatic carbocycles. The summed E-state index contributed by atoms with van der Waals surface area (Å²) in [5, 5.41) is 15.0. The molecule has 21 heavy (non-hydrogen) atoms. The van der Waals surface area contributed by atoms with Crippen LogP contribution in [0.2, 0.25) is 0 Å². The largest absolute Gasteiger partial charge is 0.396 e. The molecule has 2 unspecified atom stereocenters. The Morgan fingerprint density at radius 1 is 1.24 bits per heavy atom. The minimum atomic E-state index is -0.102. The molecule has 0 bridgehead atoms. The van der Waals surface area contributed by atoms with E-state index in [0.717, 1.165) is 44.2 Å². The molecule has 5 heteroatoms. The van der Waals surface area contributed by atoms with E-state index in [1.165, 1.54) is 19.5 Å². The van der Waals surface area contributed by atoms with Crippen LogP contribution in [0.1, 0.15) is 39.5 Å². The first-order valence-corrected chi connectivity index (χ1v) is 8.38. The second kappa shape index (κ2) is 7.45. The summed E-state index contributed by atoms with van der Waals surface area (Å²) in [4.78, 5) is 14.2. The number of hydrogen-bond donors (Lipinski definition) is 3. The molecule has 2 amide bonds. The molecule has 2 fully saturated rings. The number of hydrogen-bond acceptors (Lipinski definition) is 3. The molecule has 1 heterocycles. The van der Waals surface area contributed by atoms with Crippen molar-refractivity contribution in [3.8, 4) is 0 Å². The van der Waals surface area contributed by atoms with Gasteiger partial charge in [0.05, 0.1) is 6.61 Å². The zero-order chi connectivity index (χ0) is 15.3. The van der Waals surface area contributed by atoms with Gasteiger partial charge in [0.25, 0.3) is 0 Å². The van der Waals surface area contributed by atoms with Crippen molar-refractivity contribution in [1.29, 1.82) is 0 Å². The van der Waals surface area contributed by atoms with Gasteiger partial charge in [-0.1, -0.05) is 13.8 Å². The van der Waals surface area contributed by atoms with Crippen LogP contribution in [0.4, 0.5) is 4.79 Å². The van der Waals surface area contributed by atoms with Gasteiger partial charge in [-0.25, -0.2) is 4.79 Å². The Kier molecular flexibility index (Phi) is 5.88. The summed E-state index contributed by atoms with van der Waals surface area (Å²) in [6, 6.07) is -0.102. The Labute approximate surface area is 128 Å². The Hall–Kier alpha value is -0.810. The van der Waals surface area contributed by atoms with E-state index in [1.54, 1.807) is 0 Å². The van der Waals surface area contributed by atoms with E-state index in [2.05, 4.69) is 29.4 Å². The number of carbonyl (C=O) groups excluding carboxylic acids is 1. The van der Waals surface area contributed by atoms with Gasteiger partial charge in [0.1, 0.15) is 0 Å². The van der Waals surface area contributed by atoms with E-state index < -0.39 is 0 Å². The fourth-order valence-electron chi connectivity index (χ4n) is 3.38. The highest BCUT2D eigenvalue weighted by Crippen LogP contribution is 2.44. The van der Waals surface area contributed by atoms with Crippen molar-refractivity contribution in [2.24, 2.45) is 17.3 Å². The molecule has 3 N–H and O–H groups in total. The van der Waals surface area contributed by atoms with Crippen molar-refractivity contribution < 1.29 is 9.90 Å². The van der Waals surface area contributed by atoms with Crippen molar-refractivity contribution in [3.05, 3.63) is 0 Å². The summed E-state index contributed by atoms with van der Waals surface area (Å²) in [5.74, 6) is 1.58. The number of nitrogens with one attached hydrogen (secondary N) is 2. The standard InChI is InChI=1S/C16H31N3O2/c1-13-8-14(2)10-19(9-13)7-3-6-17-15(21)18-11-16(12-20)4-5-16/h13-14,20H,3-12H2,1-2H3,(H2,17,18,21). The zero-order valence-electron chi connectivity index (χ0n) is 13.5. The summed E-state index contributed by atoms with van der Waals surface area (Å²) < 4.78 is 0. The smallest absolute Gasteiger partial charge is 0.314 e. The fraction of sp³-hybridized carbons (Fsp3) is 0.938. The van der Waals surface area contributed by atoms with E-state index in [-0.39, 0.29) is 18.1 Å². The van der Waals surface area contributed by atoms with Crippen molar-refractivity contribution >= 4 is 6.03 Å². The maximum atomic E-state index is 11.7. The van der Waals surface area contributed by atoms with Gasteiger partial charge in [0, 0.05) is 31.6 Å². The number of aliphatic hydroxyl groups excluding tert-OH is 1. The van der Waals surface area contributed by atoms with Crippen LogP contribution >= 0.6 is 0 Å². The highest BCUT2D eigenvalue weighted by Gasteiger charge is 2.42. The SMILES string of the molecule is CC1CC(C)CN(CCCNC(=O)NCC2(CO)CC2)C1. The second-order valence-corrected chi connectivity index (χ2v) is 7.33. The van der Waals surface area contributed by atoms with Crippen LogP contribution in [0.25, 0.3) is 0 Å². The van der Waals surface area contributed by atoms with E-state index in [4.69, 9.17) is 0 Å². The van der Waals surface area contributed by atoms with Gasteiger partial charge in [0.15, 0.2) is 0 Å². The van der Waals surface area contributed by atoms with Crippen LogP contribution in [0.3, 0.4) is 0 Å². The first-order chi connectivity index (χ1) is 10.0. The molecule has 1 aliphatic heterocycles. The van der Waals surface area contributed by atoms with Gasteiger partial charge in [-0.2, -0.15) is 0 Å². The van der Waals surface area contributed by atoms with Crippen LogP contribution < -0.4 is 10.6 Å². The van der Waals surface area contributed by atoms with Gasteiger partial charge in [0.2, 0.25) is 0 Å². The molecule has 2 atom stereocenters. The predicted molar refractivity (Wildman–Crippen MR) is 84.2 cm³/mol. The predicted octanol–water partition coefficient (Wildman–Crippen LogP) is 1.43. The first kappa shape index (κ1) is 16.6. The summed E-state index contributed by atoms with van der Waals surface area (Å²) in [7, 11) is 0. The van der Waals surface area contributed by atoms with E-state index in [9.17, 15) is 9.90 Å². The van der Waals surface area contributed by atoms with Crippen molar-refractivity contribution in [3.63, 3.8) is 0 Å². The lowest BCUT2D eigenvalue weighted by Crippen LogP contribution is -2.42. The fourth-order valence-corrected chi connectivity index (χ4v) is 3.38.